The molecule has 0 heterocycles. The molecule has 0 bridgehead atoms. The summed E-state index contributed by atoms with van der Waals surface area (Å²) in [7, 11) is -1.53. The molecule has 0 aromatic heterocycles. The molecule has 1 aromatic carbocycles. The van der Waals surface area contributed by atoms with E-state index in [0.29, 0.717) is 37.7 Å². The van der Waals surface area contributed by atoms with E-state index in [4.69, 9.17) is 9.47 Å². The van der Waals surface area contributed by atoms with Gasteiger partial charge in [0, 0.05) is 19.6 Å². The summed E-state index contributed by atoms with van der Waals surface area (Å²) in [4.78, 5) is 0. The van der Waals surface area contributed by atoms with Gasteiger partial charge in [-0.2, -0.15) is 0 Å². The van der Waals surface area contributed by atoms with Crippen LogP contribution in [0.15, 0.2) is 16.6 Å². The zero-order chi connectivity index (χ0) is 16.6. The van der Waals surface area contributed by atoms with E-state index in [1.165, 1.54) is 0 Å². The first-order valence-electron chi connectivity index (χ1n) is 7.02. The summed E-state index contributed by atoms with van der Waals surface area (Å²) in [6.45, 7) is 4.18. The van der Waals surface area contributed by atoms with Gasteiger partial charge in [-0.1, -0.05) is 6.92 Å². The SMILES string of the molecule is CCCOc1c(Br)cc(CNCCNS(C)(=O)=O)cc1OC. The molecular formula is C14H23BrN2O4S. The molecule has 0 saturated heterocycles. The molecule has 0 aliphatic carbocycles. The van der Waals surface area contributed by atoms with Crippen LogP contribution in [-0.4, -0.2) is 41.5 Å². The Morgan fingerprint density at radius 1 is 1.27 bits per heavy atom. The third-order valence-corrected chi connectivity index (χ3v) is 4.05. The number of hydrogen-bond acceptors (Lipinski definition) is 5. The first kappa shape index (κ1) is 19.2. The molecule has 8 heteroatoms. The lowest BCUT2D eigenvalue weighted by Crippen LogP contribution is -2.30. The Balaban J connectivity index is 2.59. The van der Waals surface area contributed by atoms with Gasteiger partial charge >= 0.3 is 0 Å². The molecule has 0 radical (unpaired) electrons. The van der Waals surface area contributed by atoms with Gasteiger partial charge in [0.25, 0.3) is 0 Å². The Kier molecular flexibility index (Phi) is 8.16. The number of sulfonamides is 1. The van der Waals surface area contributed by atoms with Crippen molar-refractivity contribution >= 4 is 26.0 Å². The molecule has 1 aromatic rings. The molecule has 0 aliphatic heterocycles. The molecule has 0 amide bonds. The minimum atomic E-state index is -3.14. The molecule has 6 nitrogen and oxygen atoms in total. The maximum Gasteiger partial charge on any atom is 0.208 e. The molecule has 0 unspecified atom stereocenters. The lowest BCUT2D eigenvalue weighted by molar-refractivity contribution is 0.292. The van der Waals surface area contributed by atoms with Crippen LogP contribution >= 0.6 is 15.9 Å². The summed E-state index contributed by atoms with van der Waals surface area (Å²) in [5, 5.41) is 3.17. The third kappa shape index (κ3) is 6.95. The second-order valence-electron chi connectivity index (χ2n) is 4.80. The van der Waals surface area contributed by atoms with Crippen molar-refractivity contribution in [2.24, 2.45) is 0 Å². The van der Waals surface area contributed by atoms with Gasteiger partial charge in [0.05, 0.1) is 24.4 Å². The Morgan fingerprint density at radius 3 is 2.59 bits per heavy atom. The van der Waals surface area contributed by atoms with Gasteiger partial charge in [0.1, 0.15) is 0 Å². The Labute approximate surface area is 140 Å². The summed E-state index contributed by atoms with van der Waals surface area (Å²) < 4.78 is 36.2. The Bertz CT molecular complexity index is 578. The lowest BCUT2D eigenvalue weighted by atomic mass is 10.2. The van der Waals surface area contributed by atoms with E-state index in [2.05, 4.69) is 26.0 Å². The van der Waals surface area contributed by atoms with E-state index < -0.39 is 10.0 Å². The van der Waals surface area contributed by atoms with Crippen LogP contribution < -0.4 is 19.5 Å². The van der Waals surface area contributed by atoms with Gasteiger partial charge < -0.3 is 14.8 Å². The van der Waals surface area contributed by atoms with Crippen LogP contribution in [0.25, 0.3) is 0 Å². The summed E-state index contributed by atoms with van der Waals surface area (Å²) >= 11 is 3.49. The molecule has 0 atom stereocenters. The van der Waals surface area contributed by atoms with Crippen LogP contribution in [0.2, 0.25) is 0 Å². The molecule has 0 spiro atoms. The van der Waals surface area contributed by atoms with E-state index in [1.807, 2.05) is 19.1 Å². The molecule has 1 rings (SSSR count). The minimum Gasteiger partial charge on any atom is -0.493 e. The minimum absolute atomic E-state index is 0.356. The average Bonchev–Trinajstić information content (AvgIpc) is 2.44. The van der Waals surface area contributed by atoms with Gasteiger partial charge in [-0.15, -0.1) is 0 Å². The van der Waals surface area contributed by atoms with Crippen LogP contribution in [0.5, 0.6) is 11.5 Å². The Hall–Kier alpha value is -0.830. The second kappa shape index (κ2) is 9.34. The van der Waals surface area contributed by atoms with E-state index >= 15 is 0 Å². The van der Waals surface area contributed by atoms with Crippen molar-refractivity contribution in [3.05, 3.63) is 22.2 Å². The van der Waals surface area contributed by atoms with Gasteiger partial charge in [-0.25, -0.2) is 13.1 Å². The molecule has 22 heavy (non-hydrogen) atoms. The fraction of sp³-hybridized carbons (Fsp3) is 0.571. The van der Waals surface area contributed by atoms with E-state index in [1.54, 1.807) is 7.11 Å². The summed E-state index contributed by atoms with van der Waals surface area (Å²) in [6.07, 6.45) is 2.07. The number of benzene rings is 1. The predicted octanol–water partition coefficient (Wildman–Crippen LogP) is 1.89. The topological polar surface area (TPSA) is 76.7 Å². The van der Waals surface area contributed by atoms with Crippen molar-refractivity contribution in [1.82, 2.24) is 10.0 Å². The maximum absolute atomic E-state index is 10.9. The molecule has 126 valence electrons. The number of ether oxygens (including phenoxy) is 2. The molecule has 0 saturated carbocycles. The predicted molar refractivity (Wildman–Crippen MR) is 91.0 cm³/mol. The van der Waals surface area contributed by atoms with E-state index in [-0.39, 0.29) is 0 Å². The monoisotopic (exact) mass is 394 g/mol. The first-order valence-corrected chi connectivity index (χ1v) is 9.70. The van der Waals surface area contributed by atoms with Crippen molar-refractivity contribution < 1.29 is 17.9 Å². The number of nitrogens with one attached hydrogen (secondary N) is 2. The van der Waals surface area contributed by atoms with E-state index in [0.717, 1.165) is 22.7 Å². The molecule has 2 N–H and O–H groups in total. The fourth-order valence-corrected chi connectivity index (χ4v) is 2.85. The van der Waals surface area contributed by atoms with Crippen molar-refractivity contribution in [2.45, 2.75) is 19.9 Å². The zero-order valence-electron chi connectivity index (χ0n) is 13.1. The third-order valence-electron chi connectivity index (χ3n) is 2.73. The highest BCUT2D eigenvalue weighted by Crippen LogP contribution is 2.36. The number of halogens is 1. The molecular weight excluding hydrogens is 372 g/mol. The van der Waals surface area contributed by atoms with Crippen LogP contribution in [0.1, 0.15) is 18.9 Å². The van der Waals surface area contributed by atoms with Gasteiger partial charge in [-0.05, 0) is 40.0 Å². The standard InChI is InChI=1S/C14H23BrN2O4S/c1-4-7-21-14-12(15)8-11(9-13(14)20-2)10-16-5-6-17-22(3,18)19/h8-9,16-17H,4-7,10H2,1-3H3. The lowest BCUT2D eigenvalue weighted by Gasteiger charge is -2.14. The van der Waals surface area contributed by atoms with Crippen molar-refractivity contribution in [3.63, 3.8) is 0 Å². The van der Waals surface area contributed by atoms with Crippen molar-refractivity contribution in [3.8, 4) is 11.5 Å². The quantitative estimate of drug-likeness (QED) is 0.592. The van der Waals surface area contributed by atoms with Gasteiger partial charge in [0.15, 0.2) is 11.5 Å². The zero-order valence-corrected chi connectivity index (χ0v) is 15.5. The molecule has 0 aliphatic rings. The highest BCUT2D eigenvalue weighted by Gasteiger charge is 2.11. The highest BCUT2D eigenvalue weighted by atomic mass is 79.9. The average molecular weight is 395 g/mol. The van der Waals surface area contributed by atoms with Crippen molar-refractivity contribution in [1.29, 1.82) is 0 Å². The summed E-state index contributed by atoms with van der Waals surface area (Å²) in [5.74, 6) is 1.38. The van der Waals surface area contributed by atoms with Crippen LogP contribution in [0, 0.1) is 0 Å². The van der Waals surface area contributed by atoms with Gasteiger partial charge in [0.2, 0.25) is 10.0 Å². The number of rotatable bonds is 10. The smallest absolute Gasteiger partial charge is 0.208 e. The first-order chi connectivity index (χ1) is 10.4. The van der Waals surface area contributed by atoms with Crippen LogP contribution in [0.4, 0.5) is 0 Å². The van der Waals surface area contributed by atoms with Gasteiger partial charge in [-0.3, -0.25) is 0 Å². The summed E-state index contributed by atoms with van der Waals surface area (Å²) in [6, 6.07) is 3.87. The number of methoxy groups -OCH3 is 1. The Morgan fingerprint density at radius 2 is 2.00 bits per heavy atom. The number of hydrogen-bond donors (Lipinski definition) is 2. The second-order valence-corrected chi connectivity index (χ2v) is 7.49. The maximum atomic E-state index is 10.9. The van der Waals surface area contributed by atoms with Crippen LogP contribution in [-0.2, 0) is 16.6 Å². The molecule has 0 fully saturated rings. The normalized spacial score (nSPS) is 11.5. The van der Waals surface area contributed by atoms with Crippen molar-refractivity contribution in [2.75, 3.05) is 33.1 Å². The van der Waals surface area contributed by atoms with Crippen LogP contribution in [0.3, 0.4) is 0 Å². The largest absolute Gasteiger partial charge is 0.493 e. The highest BCUT2D eigenvalue weighted by molar-refractivity contribution is 9.10. The fourth-order valence-electron chi connectivity index (χ4n) is 1.78. The summed E-state index contributed by atoms with van der Waals surface area (Å²) in [5.41, 5.74) is 1.02. The van der Waals surface area contributed by atoms with E-state index in [9.17, 15) is 8.42 Å².